The maximum Gasteiger partial charge on any atom is 0.115 e. The molecule has 2 heterocycles. The zero-order chi connectivity index (χ0) is 13.0. The van der Waals surface area contributed by atoms with Crippen LogP contribution < -0.4 is 5.73 Å². The van der Waals surface area contributed by atoms with Gasteiger partial charge in [0.2, 0.25) is 0 Å². The Morgan fingerprint density at radius 3 is 3.00 bits per heavy atom. The van der Waals surface area contributed by atoms with Gasteiger partial charge in [-0.1, -0.05) is 0 Å². The number of hydrogen-bond acceptors (Lipinski definition) is 5. The van der Waals surface area contributed by atoms with Gasteiger partial charge in [0.1, 0.15) is 6.33 Å². The Labute approximate surface area is 109 Å². The van der Waals surface area contributed by atoms with Crippen molar-refractivity contribution in [2.45, 2.75) is 24.9 Å². The summed E-state index contributed by atoms with van der Waals surface area (Å²) in [6, 6.07) is 2.81. The standard InChI is InChI=1S/C13H23N5/c1-17(2)11-4-3-7-18(9-11)13(8-14)12-5-6-15-10-16-12/h5-6,10-11,13H,3-4,7-9,14H2,1-2H3. The van der Waals surface area contributed by atoms with Crippen LogP contribution in [0.25, 0.3) is 0 Å². The first-order valence-electron chi connectivity index (χ1n) is 6.59. The molecule has 2 unspecified atom stereocenters. The first kappa shape index (κ1) is 13.4. The second-order valence-corrected chi connectivity index (χ2v) is 5.14. The summed E-state index contributed by atoms with van der Waals surface area (Å²) in [4.78, 5) is 13.1. The van der Waals surface area contributed by atoms with Gasteiger partial charge in [-0.15, -0.1) is 0 Å². The van der Waals surface area contributed by atoms with Crippen LogP contribution in [0.1, 0.15) is 24.6 Å². The maximum absolute atomic E-state index is 5.94. The molecule has 5 heteroatoms. The third-order valence-electron chi connectivity index (χ3n) is 3.77. The van der Waals surface area contributed by atoms with Crippen LogP contribution in [0, 0.1) is 0 Å². The molecule has 0 aromatic carbocycles. The third kappa shape index (κ3) is 3.04. The zero-order valence-corrected chi connectivity index (χ0v) is 11.3. The Morgan fingerprint density at radius 2 is 2.39 bits per heavy atom. The van der Waals surface area contributed by atoms with Crippen LogP contribution in [-0.4, -0.2) is 59.5 Å². The highest BCUT2D eigenvalue weighted by molar-refractivity contribution is 5.06. The quantitative estimate of drug-likeness (QED) is 0.842. The van der Waals surface area contributed by atoms with Crippen LogP contribution in [0.5, 0.6) is 0 Å². The van der Waals surface area contributed by atoms with Crippen molar-refractivity contribution < 1.29 is 0 Å². The molecule has 5 nitrogen and oxygen atoms in total. The number of likely N-dealkylation sites (tertiary alicyclic amines) is 1. The van der Waals surface area contributed by atoms with E-state index in [1.54, 1.807) is 12.5 Å². The largest absolute Gasteiger partial charge is 0.329 e. The number of nitrogens with two attached hydrogens (primary N) is 1. The molecule has 0 saturated carbocycles. The van der Waals surface area contributed by atoms with E-state index in [1.807, 2.05) is 6.07 Å². The van der Waals surface area contributed by atoms with Crippen molar-refractivity contribution in [1.82, 2.24) is 19.8 Å². The lowest BCUT2D eigenvalue weighted by Gasteiger charge is -2.39. The van der Waals surface area contributed by atoms with E-state index in [2.05, 4.69) is 33.9 Å². The molecule has 0 spiro atoms. The predicted molar refractivity (Wildman–Crippen MR) is 72.1 cm³/mol. The second-order valence-electron chi connectivity index (χ2n) is 5.14. The van der Waals surface area contributed by atoms with Crippen LogP contribution in [0.2, 0.25) is 0 Å². The van der Waals surface area contributed by atoms with Crippen LogP contribution in [0.15, 0.2) is 18.6 Å². The second kappa shape index (κ2) is 6.22. The smallest absolute Gasteiger partial charge is 0.115 e. The van der Waals surface area contributed by atoms with Crippen molar-refractivity contribution in [1.29, 1.82) is 0 Å². The van der Waals surface area contributed by atoms with Crippen LogP contribution >= 0.6 is 0 Å². The van der Waals surface area contributed by atoms with Gasteiger partial charge in [-0.3, -0.25) is 4.90 Å². The summed E-state index contributed by atoms with van der Waals surface area (Å²) >= 11 is 0. The monoisotopic (exact) mass is 249 g/mol. The minimum Gasteiger partial charge on any atom is -0.329 e. The Hall–Kier alpha value is -1.04. The van der Waals surface area contributed by atoms with E-state index in [4.69, 9.17) is 5.73 Å². The molecule has 2 atom stereocenters. The van der Waals surface area contributed by atoms with Gasteiger partial charge >= 0.3 is 0 Å². The normalized spacial score (nSPS) is 23.2. The molecular weight excluding hydrogens is 226 g/mol. The Balaban J connectivity index is 2.08. The zero-order valence-electron chi connectivity index (χ0n) is 11.3. The predicted octanol–water partition coefficient (Wildman–Crippen LogP) is 0.502. The van der Waals surface area contributed by atoms with Crippen molar-refractivity contribution in [3.8, 4) is 0 Å². The molecule has 0 radical (unpaired) electrons. The fourth-order valence-electron chi connectivity index (χ4n) is 2.64. The summed E-state index contributed by atoms with van der Waals surface area (Å²) in [5.41, 5.74) is 6.98. The molecule has 0 amide bonds. The van der Waals surface area contributed by atoms with Gasteiger partial charge in [-0.25, -0.2) is 9.97 Å². The van der Waals surface area contributed by atoms with Crippen molar-refractivity contribution in [3.05, 3.63) is 24.3 Å². The molecular formula is C13H23N5. The SMILES string of the molecule is CN(C)C1CCCN(C(CN)c2ccncn2)C1. The highest BCUT2D eigenvalue weighted by atomic mass is 15.2. The highest BCUT2D eigenvalue weighted by Gasteiger charge is 2.27. The maximum atomic E-state index is 5.94. The minimum atomic E-state index is 0.218. The summed E-state index contributed by atoms with van der Waals surface area (Å²) in [6.45, 7) is 2.78. The summed E-state index contributed by atoms with van der Waals surface area (Å²) in [5, 5.41) is 0. The van der Waals surface area contributed by atoms with Crippen molar-refractivity contribution in [2.75, 3.05) is 33.7 Å². The molecule has 18 heavy (non-hydrogen) atoms. The molecule has 1 fully saturated rings. The topological polar surface area (TPSA) is 58.3 Å². The Morgan fingerprint density at radius 1 is 1.56 bits per heavy atom. The Kier molecular flexibility index (Phi) is 4.63. The fourth-order valence-corrected chi connectivity index (χ4v) is 2.64. The summed E-state index contributed by atoms with van der Waals surface area (Å²) < 4.78 is 0. The van der Waals surface area contributed by atoms with E-state index in [1.165, 1.54) is 12.8 Å². The fraction of sp³-hybridized carbons (Fsp3) is 0.692. The van der Waals surface area contributed by atoms with Gasteiger partial charge in [0.25, 0.3) is 0 Å². The van der Waals surface area contributed by atoms with E-state index < -0.39 is 0 Å². The lowest BCUT2D eigenvalue weighted by atomic mass is 10.0. The first-order valence-corrected chi connectivity index (χ1v) is 6.59. The summed E-state index contributed by atoms with van der Waals surface area (Å²) in [7, 11) is 4.30. The molecule has 2 rings (SSSR count). The van der Waals surface area contributed by atoms with E-state index in [-0.39, 0.29) is 6.04 Å². The van der Waals surface area contributed by atoms with Gasteiger partial charge in [-0.05, 0) is 39.5 Å². The molecule has 1 aliphatic rings. The average Bonchev–Trinajstić information content (AvgIpc) is 2.41. The molecule has 1 saturated heterocycles. The molecule has 100 valence electrons. The van der Waals surface area contributed by atoms with Crippen molar-refractivity contribution >= 4 is 0 Å². The van der Waals surface area contributed by atoms with E-state index in [9.17, 15) is 0 Å². The number of rotatable bonds is 4. The lowest BCUT2D eigenvalue weighted by Crippen LogP contribution is -2.48. The van der Waals surface area contributed by atoms with Gasteiger partial charge in [0.15, 0.2) is 0 Å². The van der Waals surface area contributed by atoms with E-state index in [0.717, 1.165) is 18.8 Å². The number of nitrogens with zero attached hydrogens (tertiary/aromatic N) is 4. The summed E-state index contributed by atoms with van der Waals surface area (Å²) in [5.74, 6) is 0. The third-order valence-corrected chi connectivity index (χ3v) is 3.77. The number of likely N-dealkylation sites (N-methyl/N-ethyl adjacent to an activating group) is 1. The number of aromatic nitrogens is 2. The molecule has 1 aromatic rings. The highest BCUT2D eigenvalue weighted by Crippen LogP contribution is 2.23. The van der Waals surface area contributed by atoms with Crippen molar-refractivity contribution in [2.24, 2.45) is 5.73 Å². The molecule has 0 aliphatic carbocycles. The van der Waals surface area contributed by atoms with Crippen LogP contribution in [0.4, 0.5) is 0 Å². The molecule has 2 N–H and O–H groups in total. The van der Waals surface area contributed by atoms with Gasteiger partial charge in [0.05, 0.1) is 11.7 Å². The average molecular weight is 249 g/mol. The van der Waals surface area contributed by atoms with Crippen LogP contribution in [0.3, 0.4) is 0 Å². The molecule has 1 aromatic heterocycles. The van der Waals surface area contributed by atoms with Crippen LogP contribution in [-0.2, 0) is 0 Å². The number of hydrogen-bond donors (Lipinski definition) is 1. The summed E-state index contributed by atoms with van der Waals surface area (Å²) in [6.07, 6.45) is 5.89. The number of piperidine rings is 1. The van der Waals surface area contributed by atoms with Gasteiger partial charge < -0.3 is 10.6 Å². The first-order chi connectivity index (χ1) is 8.72. The molecule has 1 aliphatic heterocycles. The van der Waals surface area contributed by atoms with Gasteiger partial charge in [0, 0.05) is 25.3 Å². The lowest BCUT2D eigenvalue weighted by molar-refractivity contribution is 0.0967. The van der Waals surface area contributed by atoms with E-state index >= 15 is 0 Å². The molecule has 0 bridgehead atoms. The van der Waals surface area contributed by atoms with E-state index in [0.29, 0.717) is 12.6 Å². The van der Waals surface area contributed by atoms with Crippen molar-refractivity contribution in [3.63, 3.8) is 0 Å². The van der Waals surface area contributed by atoms with Gasteiger partial charge in [-0.2, -0.15) is 0 Å². The Bertz CT molecular complexity index is 354. The minimum absolute atomic E-state index is 0.218.